The SMILES string of the molecule is Cc1ccc(C(=O)N2CCN(S(=O)(=O)c3ccc(C(F)(F)F)cc3)[C@H](C)C2)cn1.O=CO. The zero-order valence-corrected chi connectivity index (χ0v) is 18.1. The van der Waals surface area contributed by atoms with Crippen LogP contribution in [0.1, 0.15) is 28.5 Å². The van der Waals surface area contributed by atoms with Crippen LogP contribution in [0.15, 0.2) is 47.5 Å². The first-order valence-electron chi connectivity index (χ1n) is 9.40. The summed E-state index contributed by atoms with van der Waals surface area (Å²) in [6, 6.07) is 6.28. The molecule has 2 heterocycles. The molecule has 0 bridgehead atoms. The Bertz CT molecular complexity index is 1040. The molecule has 1 N–H and O–H groups in total. The molecule has 0 spiro atoms. The monoisotopic (exact) mass is 473 g/mol. The lowest BCUT2D eigenvalue weighted by Gasteiger charge is -2.39. The highest BCUT2D eigenvalue weighted by Gasteiger charge is 2.36. The van der Waals surface area contributed by atoms with Crippen molar-refractivity contribution in [2.45, 2.75) is 31.0 Å². The van der Waals surface area contributed by atoms with Crippen LogP contribution in [-0.4, -0.2) is 65.8 Å². The average molecular weight is 473 g/mol. The Morgan fingerprint density at radius 3 is 2.22 bits per heavy atom. The third-order valence-electron chi connectivity index (χ3n) is 4.80. The number of pyridine rings is 1. The molecule has 1 aromatic heterocycles. The predicted octanol–water partition coefficient (Wildman–Crippen LogP) is 2.64. The Kier molecular flexibility index (Phi) is 7.97. The molecular formula is C20H22F3N3O5S. The minimum atomic E-state index is -4.54. The molecule has 0 unspecified atom stereocenters. The molecule has 2 aromatic rings. The van der Waals surface area contributed by atoms with E-state index in [-0.39, 0.29) is 36.9 Å². The van der Waals surface area contributed by atoms with Crippen LogP contribution in [0.25, 0.3) is 0 Å². The molecule has 1 fully saturated rings. The third-order valence-corrected chi connectivity index (χ3v) is 6.83. The van der Waals surface area contributed by atoms with Gasteiger partial charge in [0.25, 0.3) is 12.4 Å². The smallest absolute Gasteiger partial charge is 0.416 e. The van der Waals surface area contributed by atoms with Crippen LogP contribution in [0.2, 0.25) is 0 Å². The number of amides is 1. The highest BCUT2D eigenvalue weighted by atomic mass is 32.2. The second kappa shape index (κ2) is 10.1. The Hall–Kier alpha value is -2.99. The number of carbonyl (C=O) groups is 2. The van der Waals surface area contributed by atoms with Crippen LogP contribution in [0.5, 0.6) is 0 Å². The minimum absolute atomic E-state index is 0.0511. The van der Waals surface area contributed by atoms with Crippen LogP contribution < -0.4 is 0 Å². The summed E-state index contributed by atoms with van der Waals surface area (Å²) in [4.78, 5) is 26.4. The second-order valence-corrected chi connectivity index (χ2v) is 8.92. The third kappa shape index (κ3) is 5.82. The summed E-state index contributed by atoms with van der Waals surface area (Å²) in [5.74, 6) is -0.240. The van der Waals surface area contributed by atoms with E-state index in [0.717, 1.165) is 30.0 Å². The number of hydrogen-bond donors (Lipinski definition) is 1. The van der Waals surface area contributed by atoms with Gasteiger partial charge in [-0.15, -0.1) is 0 Å². The number of alkyl halides is 3. The fourth-order valence-corrected chi connectivity index (χ4v) is 4.82. The number of hydrogen-bond acceptors (Lipinski definition) is 5. The quantitative estimate of drug-likeness (QED) is 0.687. The van der Waals surface area contributed by atoms with Gasteiger partial charge in [0.05, 0.1) is 16.0 Å². The number of aromatic nitrogens is 1. The highest BCUT2D eigenvalue weighted by Crippen LogP contribution is 2.30. The maximum absolute atomic E-state index is 12.9. The summed E-state index contributed by atoms with van der Waals surface area (Å²) >= 11 is 0. The van der Waals surface area contributed by atoms with E-state index in [0.29, 0.717) is 5.56 Å². The number of sulfonamides is 1. The Balaban J connectivity index is 0.00000114. The summed E-state index contributed by atoms with van der Waals surface area (Å²) in [5.41, 5.74) is 0.288. The van der Waals surface area contributed by atoms with Gasteiger partial charge in [0.15, 0.2) is 0 Å². The molecule has 0 saturated carbocycles. The molecule has 1 amide bonds. The molecule has 1 aliphatic heterocycles. The first kappa shape index (κ1) is 25.3. The van der Waals surface area contributed by atoms with E-state index in [1.165, 1.54) is 10.5 Å². The Labute approximate surface area is 183 Å². The van der Waals surface area contributed by atoms with Gasteiger partial charge >= 0.3 is 6.18 Å². The van der Waals surface area contributed by atoms with Crippen LogP contribution in [0, 0.1) is 6.92 Å². The van der Waals surface area contributed by atoms with Gasteiger partial charge in [-0.3, -0.25) is 14.6 Å². The van der Waals surface area contributed by atoms with Crippen molar-refractivity contribution in [3.05, 3.63) is 59.4 Å². The Morgan fingerprint density at radius 1 is 1.16 bits per heavy atom. The van der Waals surface area contributed by atoms with Crippen LogP contribution in [0.3, 0.4) is 0 Å². The minimum Gasteiger partial charge on any atom is -0.483 e. The summed E-state index contributed by atoms with van der Waals surface area (Å²) in [6.45, 7) is 3.62. The fraction of sp³-hybridized carbons (Fsp3) is 0.350. The second-order valence-electron chi connectivity index (χ2n) is 7.03. The van der Waals surface area contributed by atoms with E-state index in [1.54, 1.807) is 30.9 Å². The number of nitrogens with zero attached hydrogens (tertiary/aromatic N) is 3. The van der Waals surface area contributed by atoms with Crippen molar-refractivity contribution in [1.29, 1.82) is 0 Å². The van der Waals surface area contributed by atoms with Crippen LogP contribution in [0.4, 0.5) is 13.2 Å². The number of carboxylic acid groups (broad SMARTS) is 1. The Morgan fingerprint density at radius 2 is 1.75 bits per heavy atom. The molecule has 8 nitrogen and oxygen atoms in total. The van der Waals surface area contributed by atoms with E-state index in [9.17, 15) is 26.4 Å². The molecular weight excluding hydrogens is 451 g/mol. The van der Waals surface area contributed by atoms with Crippen LogP contribution in [-0.2, 0) is 21.0 Å². The van der Waals surface area contributed by atoms with E-state index < -0.39 is 27.8 Å². The van der Waals surface area contributed by atoms with Crippen molar-refractivity contribution < 1.29 is 36.3 Å². The van der Waals surface area contributed by atoms with Gasteiger partial charge in [0, 0.05) is 37.6 Å². The number of carbonyl (C=O) groups excluding carboxylic acids is 1. The molecule has 12 heteroatoms. The summed E-state index contributed by atoms with van der Waals surface area (Å²) in [7, 11) is -3.98. The number of aryl methyl sites for hydroxylation is 1. The zero-order valence-electron chi connectivity index (χ0n) is 17.3. The lowest BCUT2D eigenvalue weighted by atomic mass is 10.2. The molecule has 0 aliphatic carbocycles. The molecule has 1 saturated heterocycles. The number of halogens is 3. The summed E-state index contributed by atoms with van der Waals surface area (Å²) in [6.07, 6.45) is -3.06. The summed E-state index contributed by atoms with van der Waals surface area (Å²) in [5, 5.41) is 6.89. The fourth-order valence-electron chi connectivity index (χ4n) is 3.21. The van der Waals surface area contributed by atoms with Gasteiger partial charge in [0.1, 0.15) is 0 Å². The van der Waals surface area contributed by atoms with Crippen molar-refractivity contribution in [3.8, 4) is 0 Å². The predicted molar refractivity (Wildman–Crippen MR) is 108 cm³/mol. The van der Waals surface area contributed by atoms with E-state index >= 15 is 0 Å². The first-order valence-corrected chi connectivity index (χ1v) is 10.8. The van der Waals surface area contributed by atoms with Gasteiger partial charge in [-0.1, -0.05) is 0 Å². The van der Waals surface area contributed by atoms with E-state index in [4.69, 9.17) is 9.90 Å². The molecule has 174 valence electrons. The number of benzene rings is 1. The van der Waals surface area contributed by atoms with E-state index in [1.807, 2.05) is 0 Å². The molecule has 1 aliphatic rings. The topological polar surface area (TPSA) is 108 Å². The highest BCUT2D eigenvalue weighted by molar-refractivity contribution is 7.89. The largest absolute Gasteiger partial charge is 0.483 e. The van der Waals surface area contributed by atoms with Gasteiger partial charge in [-0.2, -0.15) is 17.5 Å². The average Bonchev–Trinajstić information content (AvgIpc) is 2.73. The zero-order chi connectivity index (χ0) is 24.1. The van der Waals surface area contributed by atoms with Gasteiger partial charge in [-0.05, 0) is 50.2 Å². The normalized spacial score (nSPS) is 17.3. The molecule has 32 heavy (non-hydrogen) atoms. The lowest BCUT2D eigenvalue weighted by molar-refractivity contribution is -0.137. The maximum Gasteiger partial charge on any atom is 0.416 e. The maximum atomic E-state index is 12.9. The lowest BCUT2D eigenvalue weighted by Crippen LogP contribution is -2.55. The van der Waals surface area contributed by atoms with Crippen molar-refractivity contribution >= 4 is 22.4 Å². The van der Waals surface area contributed by atoms with Gasteiger partial charge in [-0.25, -0.2) is 8.42 Å². The van der Waals surface area contributed by atoms with Crippen molar-refractivity contribution in [2.75, 3.05) is 19.6 Å². The number of rotatable bonds is 3. The molecule has 1 aromatic carbocycles. The van der Waals surface area contributed by atoms with Gasteiger partial charge in [0.2, 0.25) is 10.0 Å². The van der Waals surface area contributed by atoms with Crippen molar-refractivity contribution in [1.82, 2.24) is 14.2 Å². The molecule has 0 radical (unpaired) electrons. The standard InChI is InChI=1S/C19H20F3N3O3S.CH2O2/c1-13-3-4-15(11-23-13)18(26)24-9-10-25(14(2)12-24)29(27,28)17-7-5-16(6-8-17)19(20,21)22;2-1-3/h3-8,11,14H,9-10,12H2,1-2H3;1H,(H,2,3)/t14-;/m1./s1. The van der Waals surface area contributed by atoms with E-state index in [2.05, 4.69) is 4.98 Å². The van der Waals surface area contributed by atoms with Gasteiger partial charge < -0.3 is 10.0 Å². The number of piperazine rings is 1. The first-order chi connectivity index (χ1) is 14.9. The van der Waals surface area contributed by atoms with Crippen molar-refractivity contribution in [2.24, 2.45) is 0 Å². The summed E-state index contributed by atoms with van der Waals surface area (Å²) < 4.78 is 65.1. The van der Waals surface area contributed by atoms with Crippen LogP contribution >= 0.6 is 0 Å². The van der Waals surface area contributed by atoms with Crippen molar-refractivity contribution in [3.63, 3.8) is 0 Å². The molecule has 1 atom stereocenters. The molecule has 3 rings (SSSR count).